The lowest BCUT2D eigenvalue weighted by Gasteiger charge is -2.61. The minimum absolute atomic E-state index is 0.0362. The van der Waals surface area contributed by atoms with Crippen LogP contribution in [0.5, 0.6) is 0 Å². The van der Waals surface area contributed by atoms with Crippen molar-refractivity contribution in [3.05, 3.63) is 0 Å². The van der Waals surface area contributed by atoms with Crippen LogP contribution in [0.3, 0.4) is 0 Å². The van der Waals surface area contributed by atoms with Gasteiger partial charge in [0, 0.05) is 5.92 Å². The third-order valence-corrected chi connectivity index (χ3v) is 10.1. The zero-order chi connectivity index (χ0) is 18.2. The van der Waals surface area contributed by atoms with Gasteiger partial charge in [0.2, 0.25) is 0 Å². The van der Waals surface area contributed by atoms with E-state index in [0.29, 0.717) is 16.7 Å². The largest absolute Gasteiger partial charge is 0.393 e. The molecule has 1 saturated heterocycles. The van der Waals surface area contributed by atoms with Crippen LogP contribution >= 0.6 is 0 Å². The van der Waals surface area contributed by atoms with Crippen molar-refractivity contribution in [1.82, 2.24) is 0 Å². The smallest absolute Gasteiger partial charge is 0.169 e. The van der Waals surface area contributed by atoms with Crippen molar-refractivity contribution < 1.29 is 14.6 Å². The van der Waals surface area contributed by atoms with Gasteiger partial charge in [0.25, 0.3) is 0 Å². The number of hydrogen-bond acceptors (Lipinski definition) is 3. The van der Waals surface area contributed by atoms with Gasteiger partial charge in [0.05, 0.1) is 19.3 Å². The Morgan fingerprint density at radius 3 is 2.23 bits per heavy atom. The summed E-state index contributed by atoms with van der Waals surface area (Å²) in [5, 5.41) is 10.2. The van der Waals surface area contributed by atoms with E-state index in [4.69, 9.17) is 9.47 Å². The van der Waals surface area contributed by atoms with Crippen LogP contribution < -0.4 is 0 Å². The molecule has 0 amide bonds. The lowest BCUT2D eigenvalue weighted by molar-refractivity contribution is -0.218. The van der Waals surface area contributed by atoms with E-state index in [1.54, 1.807) is 0 Å². The van der Waals surface area contributed by atoms with E-state index >= 15 is 0 Å². The van der Waals surface area contributed by atoms with E-state index in [9.17, 15) is 5.11 Å². The van der Waals surface area contributed by atoms with Gasteiger partial charge in [-0.2, -0.15) is 0 Å². The quantitative estimate of drug-likeness (QED) is 0.730. The number of aliphatic hydroxyl groups excluding tert-OH is 1. The Labute approximate surface area is 159 Å². The van der Waals surface area contributed by atoms with Crippen LogP contribution in [0.15, 0.2) is 0 Å². The van der Waals surface area contributed by atoms with Gasteiger partial charge in [0.1, 0.15) is 0 Å². The molecule has 0 aromatic carbocycles. The molecule has 4 aliphatic carbocycles. The Morgan fingerprint density at radius 1 is 0.769 bits per heavy atom. The summed E-state index contributed by atoms with van der Waals surface area (Å²) in [6, 6.07) is 0. The lowest BCUT2D eigenvalue weighted by atomic mass is 9.44. The van der Waals surface area contributed by atoms with Gasteiger partial charge in [-0.1, -0.05) is 13.8 Å². The molecule has 5 aliphatic rings. The maximum atomic E-state index is 10.2. The van der Waals surface area contributed by atoms with Crippen molar-refractivity contribution in [2.45, 2.75) is 90.4 Å². The highest BCUT2D eigenvalue weighted by molar-refractivity contribution is 5.11. The molecule has 0 aromatic heterocycles. The molecule has 4 saturated carbocycles. The highest BCUT2D eigenvalue weighted by Crippen LogP contribution is 2.69. The predicted octanol–water partition coefficient (Wildman–Crippen LogP) is 4.77. The number of rotatable bonds is 1. The standard InChI is InChI=1S/C23H38O3/c1-21-10-8-16(24)14-15(21)4-5-17-18-6-7-20(23(3)25-12-13-26-23)22(18,2)11-9-19(17)21/h15-20,24H,4-14H2,1-3H3/t15-,16+,17+,18+,19+,20+,21-,22+/m0/s1. The van der Waals surface area contributed by atoms with Gasteiger partial charge in [0.15, 0.2) is 5.79 Å². The third-order valence-electron chi connectivity index (χ3n) is 10.1. The van der Waals surface area contributed by atoms with Crippen molar-refractivity contribution in [3.8, 4) is 0 Å². The zero-order valence-corrected chi connectivity index (χ0v) is 17.0. The molecule has 148 valence electrons. The van der Waals surface area contributed by atoms with Gasteiger partial charge in [-0.15, -0.1) is 0 Å². The van der Waals surface area contributed by atoms with E-state index in [2.05, 4.69) is 20.8 Å². The summed E-state index contributed by atoms with van der Waals surface area (Å²) in [5.41, 5.74) is 0.865. The van der Waals surface area contributed by atoms with Crippen LogP contribution in [0.25, 0.3) is 0 Å². The Morgan fingerprint density at radius 2 is 1.46 bits per heavy atom. The molecule has 1 aliphatic heterocycles. The highest BCUT2D eigenvalue weighted by atomic mass is 16.7. The first-order chi connectivity index (χ1) is 12.4. The van der Waals surface area contributed by atoms with Crippen LogP contribution in [0.1, 0.15) is 78.6 Å². The molecule has 0 radical (unpaired) electrons. The second kappa shape index (κ2) is 5.94. The fourth-order valence-corrected chi connectivity index (χ4v) is 8.83. The zero-order valence-electron chi connectivity index (χ0n) is 17.0. The first-order valence-corrected chi connectivity index (χ1v) is 11.3. The van der Waals surface area contributed by atoms with E-state index in [0.717, 1.165) is 49.7 Å². The molecule has 1 N–H and O–H groups in total. The fourth-order valence-electron chi connectivity index (χ4n) is 8.83. The molecule has 26 heavy (non-hydrogen) atoms. The van der Waals surface area contributed by atoms with Crippen LogP contribution in [0.2, 0.25) is 0 Å². The first-order valence-electron chi connectivity index (χ1n) is 11.3. The van der Waals surface area contributed by atoms with Gasteiger partial charge < -0.3 is 14.6 Å². The van der Waals surface area contributed by atoms with E-state index < -0.39 is 0 Å². The number of fused-ring (bicyclic) bond motifs is 5. The molecule has 5 rings (SSSR count). The summed E-state index contributed by atoms with van der Waals surface area (Å²) >= 11 is 0. The number of hydrogen-bond donors (Lipinski definition) is 1. The molecule has 0 spiro atoms. The van der Waals surface area contributed by atoms with Crippen molar-refractivity contribution in [1.29, 1.82) is 0 Å². The van der Waals surface area contributed by atoms with Gasteiger partial charge in [-0.05, 0) is 99.2 Å². The Hall–Kier alpha value is -0.120. The maximum absolute atomic E-state index is 10.2. The summed E-state index contributed by atoms with van der Waals surface area (Å²) in [6.07, 6.45) is 11.4. The summed E-state index contributed by atoms with van der Waals surface area (Å²) in [7, 11) is 0. The molecule has 0 unspecified atom stereocenters. The van der Waals surface area contributed by atoms with E-state index in [1.165, 1.54) is 44.9 Å². The van der Waals surface area contributed by atoms with Crippen LogP contribution in [0, 0.1) is 40.4 Å². The first kappa shape index (κ1) is 17.9. The average Bonchev–Trinajstić information content (AvgIpc) is 3.19. The summed E-state index contributed by atoms with van der Waals surface area (Å²) < 4.78 is 12.3. The molecular formula is C23H38O3. The average molecular weight is 363 g/mol. The molecule has 1 heterocycles. The minimum atomic E-state index is -0.341. The summed E-state index contributed by atoms with van der Waals surface area (Å²) in [5.74, 6) is 3.59. The second-order valence-corrected chi connectivity index (χ2v) is 11.0. The van der Waals surface area contributed by atoms with Crippen LogP contribution in [-0.2, 0) is 9.47 Å². The Bertz CT molecular complexity index is 556. The molecule has 8 atom stereocenters. The minimum Gasteiger partial charge on any atom is -0.393 e. The Kier molecular flexibility index (Phi) is 4.10. The van der Waals surface area contributed by atoms with E-state index in [1.807, 2.05) is 0 Å². The summed E-state index contributed by atoms with van der Waals surface area (Å²) in [4.78, 5) is 0. The lowest BCUT2D eigenvalue weighted by Crippen LogP contribution is -2.55. The normalized spacial score (nSPS) is 55.8. The van der Waals surface area contributed by atoms with Gasteiger partial charge >= 0.3 is 0 Å². The second-order valence-electron chi connectivity index (χ2n) is 11.0. The maximum Gasteiger partial charge on any atom is 0.169 e. The molecule has 5 fully saturated rings. The third kappa shape index (κ3) is 2.35. The monoisotopic (exact) mass is 362 g/mol. The number of aliphatic hydroxyl groups is 1. The molecule has 0 aromatic rings. The van der Waals surface area contributed by atoms with Crippen LogP contribution in [0.4, 0.5) is 0 Å². The van der Waals surface area contributed by atoms with Crippen molar-refractivity contribution in [2.75, 3.05) is 13.2 Å². The van der Waals surface area contributed by atoms with Gasteiger partial charge in [-0.25, -0.2) is 0 Å². The fraction of sp³-hybridized carbons (Fsp3) is 1.00. The van der Waals surface area contributed by atoms with Crippen LogP contribution in [-0.4, -0.2) is 30.2 Å². The highest BCUT2D eigenvalue weighted by Gasteiger charge is 2.63. The Balaban J connectivity index is 1.41. The topological polar surface area (TPSA) is 38.7 Å². The summed E-state index contributed by atoms with van der Waals surface area (Å²) in [6.45, 7) is 8.90. The molecule has 0 bridgehead atoms. The molecule has 3 nitrogen and oxygen atoms in total. The van der Waals surface area contributed by atoms with Gasteiger partial charge in [-0.3, -0.25) is 0 Å². The number of ether oxygens (including phenoxy) is 2. The van der Waals surface area contributed by atoms with E-state index in [-0.39, 0.29) is 11.9 Å². The molecular weight excluding hydrogens is 324 g/mol. The SMILES string of the molecule is CC1([C@@H]2CC[C@@H]3[C@H]4CC[C@H]5C[C@H](O)CC[C@]5(C)[C@@H]4CC[C@]32C)OCCO1. The van der Waals surface area contributed by atoms with Crippen molar-refractivity contribution in [3.63, 3.8) is 0 Å². The predicted molar refractivity (Wildman–Crippen MR) is 102 cm³/mol. The van der Waals surface area contributed by atoms with Crippen molar-refractivity contribution >= 4 is 0 Å². The van der Waals surface area contributed by atoms with Crippen molar-refractivity contribution in [2.24, 2.45) is 40.4 Å². The molecule has 3 heteroatoms.